The maximum atomic E-state index is 11.9. The van der Waals surface area contributed by atoms with E-state index in [9.17, 15) is 9.59 Å². The van der Waals surface area contributed by atoms with Gasteiger partial charge in [-0.05, 0) is 66.9 Å². The van der Waals surface area contributed by atoms with Crippen LogP contribution in [0.15, 0.2) is 60.2 Å². The molecule has 2 rings (SSSR count). The van der Waals surface area contributed by atoms with Crippen molar-refractivity contribution >= 4 is 23.7 Å². The van der Waals surface area contributed by atoms with E-state index in [-0.39, 0.29) is 0 Å². The van der Waals surface area contributed by atoms with Crippen LogP contribution in [0.25, 0.3) is 0 Å². The number of nitrogens with zero attached hydrogens (tertiary/aromatic N) is 1. The van der Waals surface area contributed by atoms with Gasteiger partial charge in [0.15, 0.2) is 0 Å². The zero-order chi connectivity index (χ0) is 18.9. The smallest absolute Gasteiger partial charge is 0.329 e. The quantitative estimate of drug-likeness (QED) is 0.363. The van der Waals surface area contributed by atoms with Crippen molar-refractivity contribution in [3.63, 3.8) is 0 Å². The molecule has 0 bridgehead atoms. The van der Waals surface area contributed by atoms with E-state index >= 15 is 0 Å². The van der Waals surface area contributed by atoms with Crippen molar-refractivity contribution in [1.29, 1.82) is 0 Å². The Kier molecular flexibility index (Phi) is 6.68. The fourth-order valence-electron chi connectivity index (χ4n) is 2.03. The number of ether oxygens (including phenoxy) is 1. The van der Waals surface area contributed by atoms with Crippen LogP contribution in [0.2, 0.25) is 0 Å². The van der Waals surface area contributed by atoms with Gasteiger partial charge in [0.25, 0.3) is 0 Å². The number of hydrogen-bond donors (Lipinski definition) is 2. The van der Waals surface area contributed by atoms with Crippen LogP contribution in [0.1, 0.15) is 16.7 Å². The van der Waals surface area contributed by atoms with Gasteiger partial charge in [-0.25, -0.2) is 5.43 Å². The van der Waals surface area contributed by atoms with E-state index in [0.29, 0.717) is 18.0 Å². The first-order chi connectivity index (χ1) is 12.5. The van der Waals surface area contributed by atoms with Crippen molar-refractivity contribution < 1.29 is 14.3 Å². The Hall–Kier alpha value is -3.41. The second kappa shape index (κ2) is 9.17. The Bertz CT molecular complexity index is 827. The second-order valence-corrected chi connectivity index (χ2v) is 5.62. The highest BCUT2D eigenvalue weighted by Gasteiger charge is 2.13. The van der Waals surface area contributed by atoms with Gasteiger partial charge in [0.2, 0.25) is 0 Å². The number of aryl methyl sites for hydroxylation is 2. The molecule has 0 aliphatic rings. The molecule has 2 aromatic rings. The fourth-order valence-corrected chi connectivity index (χ4v) is 2.03. The summed E-state index contributed by atoms with van der Waals surface area (Å²) < 4.78 is 5.37. The zero-order valence-corrected chi connectivity index (χ0v) is 14.8. The molecule has 0 unspecified atom stereocenters. The van der Waals surface area contributed by atoms with Crippen LogP contribution in [0.5, 0.6) is 5.75 Å². The lowest BCUT2D eigenvalue weighted by Crippen LogP contribution is -2.32. The highest BCUT2D eigenvalue weighted by Crippen LogP contribution is 2.14. The van der Waals surface area contributed by atoms with E-state index in [2.05, 4.69) is 22.4 Å². The van der Waals surface area contributed by atoms with Crippen molar-refractivity contribution in [3.8, 4) is 5.75 Å². The molecule has 0 saturated carbocycles. The molecule has 6 nitrogen and oxygen atoms in total. The highest BCUT2D eigenvalue weighted by molar-refractivity contribution is 6.39. The van der Waals surface area contributed by atoms with Gasteiger partial charge in [-0.3, -0.25) is 9.59 Å². The first kappa shape index (κ1) is 18.9. The number of rotatable bonds is 6. The maximum absolute atomic E-state index is 11.9. The number of hydrogen-bond acceptors (Lipinski definition) is 4. The molecule has 2 aromatic carbocycles. The van der Waals surface area contributed by atoms with Crippen LogP contribution in [-0.2, 0) is 9.59 Å². The van der Waals surface area contributed by atoms with Crippen LogP contribution < -0.4 is 15.5 Å². The number of hydrazone groups is 1. The van der Waals surface area contributed by atoms with Crippen LogP contribution in [0.4, 0.5) is 5.69 Å². The average molecular weight is 351 g/mol. The third-order valence-electron chi connectivity index (χ3n) is 3.60. The molecule has 0 spiro atoms. The predicted octanol–water partition coefficient (Wildman–Crippen LogP) is 2.96. The fraction of sp³-hybridized carbons (Fsp3) is 0.150. The number of benzene rings is 2. The molecule has 0 atom stereocenters. The van der Waals surface area contributed by atoms with Gasteiger partial charge in [0, 0.05) is 5.69 Å². The Morgan fingerprint density at radius 3 is 2.46 bits per heavy atom. The number of carbonyl (C=O) groups is 2. The summed E-state index contributed by atoms with van der Waals surface area (Å²) >= 11 is 0. The first-order valence-electron chi connectivity index (χ1n) is 8.05. The summed E-state index contributed by atoms with van der Waals surface area (Å²) in [5, 5.41) is 6.32. The summed E-state index contributed by atoms with van der Waals surface area (Å²) in [5.41, 5.74) is 5.66. The maximum Gasteiger partial charge on any atom is 0.329 e. The average Bonchev–Trinajstić information content (AvgIpc) is 2.64. The molecule has 6 heteroatoms. The summed E-state index contributed by atoms with van der Waals surface area (Å²) in [6.45, 7) is 7.92. The van der Waals surface area contributed by atoms with Crippen molar-refractivity contribution in [2.24, 2.45) is 5.10 Å². The van der Waals surface area contributed by atoms with Gasteiger partial charge in [-0.2, -0.15) is 5.10 Å². The normalized spacial score (nSPS) is 10.4. The second-order valence-electron chi connectivity index (χ2n) is 5.62. The van der Waals surface area contributed by atoms with E-state index < -0.39 is 11.8 Å². The van der Waals surface area contributed by atoms with Gasteiger partial charge in [0.1, 0.15) is 12.4 Å². The Labute approximate surface area is 152 Å². The number of amides is 2. The zero-order valence-electron chi connectivity index (χ0n) is 14.8. The van der Waals surface area contributed by atoms with Crippen LogP contribution >= 0.6 is 0 Å². The molecule has 0 saturated heterocycles. The van der Waals surface area contributed by atoms with E-state index in [4.69, 9.17) is 4.74 Å². The van der Waals surface area contributed by atoms with Gasteiger partial charge in [0.05, 0.1) is 6.21 Å². The molecule has 2 N–H and O–H groups in total. The molecule has 0 heterocycles. The Morgan fingerprint density at radius 1 is 1.08 bits per heavy atom. The third-order valence-corrected chi connectivity index (χ3v) is 3.60. The number of anilines is 1. The van der Waals surface area contributed by atoms with Gasteiger partial charge in [-0.15, -0.1) is 0 Å². The van der Waals surface area contributed by atoms with Crippen LogP contribution in [-0.4, -0.2) is 24.6 Å². The van der Waals surface area contributed by atoms with E-state index in [0.717, 1.165) is 16.7 Å². The molecule has 0 aromatic heterocycles. The van der Waals surface area contributed by atoms with Crippen LogP contribution in [0.3, 0.4) is 0 Å². The molecule has 134 valence electrons. The molecule has 0 fully saturated rings. The SMILES string of the molecule is C=CCOc1ccc(/C=N\NC(=O)C(=O)Nc2ccc(C)c(C)c2)cc1. The molecule has 0 aliphatic carbocycles. The largest absolute Gasteiger partial charge is 0.490 e. The van der Waals surface area contributed by atoms with Crippen LogP contribution in [0, 0.1) is 13.8 Å². The standard InChI is InChI=1S/C20H21N3O3/c1-4-11-26-18-9-6-16(7-10-18)13-21-23-20(25)19(24)22-17-8-5-14(2)15(3)12-17/h4-10,12-13H,1,11H2,2-3H3,(H,22,24)(H,23,25)/b21-13-. The van der Waals surface area contributed by atoms with E-state index in [1.54, 1.807) is 42.5 Å². The molecular formula is C20H21N3O3. The monoisotopic (exact) mass is 351 g/mol. The summed E-state index contributed by atoms with van der Waals surface area (Å²) in [7, 11) is 0. The number of nitrogens with one attached hydrogen (secondary N) is 2. The van der Waals surface area contributed by atoms with Gasteiger partial charge < -0.3 is 10.1 Å². The first-order valence-corrected chi connectivity index (χ1v) is 8.05. The van der Waals surface area contributed by atoms with E-state index in [1.165, 1.54) is 6.21 Å². The molecule has 26 heavy (non-hydrogen) atoms. The lowest BCUT2D eigenvalue weighted by molar-refractivity contribution is -0.136. The Balaban J connectivity index is 1.86. The highest BCUT2D eigenvalue weighted by atomic mass is 16.5. The minimum absolute atomic E-state index is 0.430. The van der Waals surface area contributed by atoms with E-state index in [1.807, 2.05) is 19.9 Å². The van der Waals surface area contributed by atoms with Gasteiger partial charge >= 0.3 is 11.8 Å². The predicted molar refractivity (Wildman–Crippen MR) is 102 cm³/mol. The molecule has 0 radical (unpaired) electrons. The van der Waals surface area contributed by atoms with Crippen molar-refractivity contribution in [1.82, 2.24) is 5.43 Å². The molecular weight excluding hydrogens is 330 g/mol. The third kappa shape index (κ3) is 5.59. The minimum Gasteiger partial charge on any atom is -0.490 e. The topological polar surface area (TPSA) is 79.8 Å². The summed E-state index contributed by atoms with van der Waals surface area (Å²) in [4.78, 5) is 23.7. The number of carbonyl (C=O) groups excluding carboxylic acids is 2. The summed E-state index contributed by atoms with van der Waals surface area (Å²) in [6, 6.07) is 12.5. The minimum atomic E-state index is -0.842. The lowest BCUT2D eigenvalue weighted by atomic mass is 10.1. The molecule has 2 amide bonds. The molecule has 0 aliphatic heterocycles. The lowest BCUT2D eigenvalue weighted by Gasteiger charge is -2.06. The van der Waals surface area contributed by atoms with Crippen molar-refractivity contribution in [2.75, 3.05) is 11.9 Å². The summed E-state index contributed by atoms with van der Waals surface area (Å²) in [5.74, 6) is -0.914. The van der Waals surface area contributed by atoms with Gasteiger partial charge in [-0.1, -0.05) is 18.7 Å². The Morgan fingerprint density at radius 2 is 1.81 bits per heavy atom. The summed E-state index contributed by atoms with van der Waals surface area (Å²) in [6.07, 6.45) is 3.10. The van der Waals surface area contributed by atoms with Crippen molar-refractivity contribution in [3.05, 3.63) is 71.8 Å². The van der Waals surface area contributed by atoms with Crippen molar-refractivity contribution in [2.45, 2.75) is 13.8 Å².